The summed E-state index contributed by atoms with van der Waals surface area (Å²) in [5, 5.41) is 55.9. The fraction of sp³-hybridized carbons (Fsp3) is 0.899. The molecule has 146 heavy (non-hydrogen) atoms. The van der Waals surface area contributed by atoms with Gasteiger partial charge in [0.15, 0.2) is 0 Å². The summed E-state index contributed by atoms with van der Waals surface area (Å²) >= 11 is 0. The predicted molar refractivity (Wildman–Crippen MR) is 575 cm³/mol. The van der Waals surface area contributed by atoms with Crippen molar-refractivity contribution in [1.82, 2.24) is 0 Å². The Balaban J connectivity index is 0.000000133. The van der Waals surface area contributed by atoms with Crippen LogP contribution in [0.1, 0.15) is 453 Å². The lowest BCUT2D eigenvalue weighted by Gasteiger charge is -2.73. The maximum absolute atomic E-state index is 14.6. The first-order chi connectivity index (χ1) is 67.0. The number of hydrogen-bond acceptors (Lipinski definition) is 16. The number of allylic oxidation sites excluding steroid dienone is 6. The minimum absolute atomic E-state index is 0.00162. The maximum Gasteiger partial charge on any atom is 0.312 e. The van der Waals surface area contributed by atoms with Gasteiger partial charge in [0.2, 0.25) is 0 Å². The van der Waals surface area contributed by atoms with E-state index in [1.54, 1.807) is 28.1 Å². The van der Waals surface area contributed by atoms with Crippen molar-refractivity contribution >= 4 is 41.6 Å². The molecule has 0 radical (unpaired) electrons. The van der Waals surface area contributed by atoms with Crippen molar-refractivity contribution in [2.75, 3.05) is 21.3 Å². The molecule has 17 nitrogen and oxygen atoms in total. The molecule has 20 rings (SSSR count). The van der Waals surface area contributed by atoms with Crippen LogP contribution in [0.2, 0.25) is 0 Å². The Morgan fingerprint density at radius 2 is 0.610 bits per heavy atom. The second-order valence-corrected chi connectivity index (χ2v) is 63.7. The van der Waals surface area contributed by atoms with E-state index in [-0.39, 0.29) is 216 Å². The van der Waals surface area contributed by atoms with Crippen molar-refractivity contribution in [2.45, 2.75) is 489 Å². The molecular formula is C129H206O17. The summed E-state index contributed by atoms with van der Waals surface area (Å²) in [6.07, 6.45) is 39.4. The average molecular weight is 2030 g/mol. The Bertz CT molecular complexity index is 5210. The number of aliphatic carboxylic acids is 1. The van der Waals surface area contributed by atoms with Gasteiger partial charge < -0.3 is 49.2 Å². The van der Waals surface area contributed by atoms with E-state index in [1.807, 2.05) is 0 Å². The van der Waals surface area contributed by atoms with E-state index in [0.717, 1.165) is 212 Å². The quantitative estimate of drug-likeness (QED) is 0.0940. The molecule has 0 heterocycles. The summed E-state index contributed by atoms with van der Waals surface area (Å²) in [7, 11) is 4.65. The summed E-state index contributed by atoms with van der Waals surface area (Å²) in [5.74, 6) is 3.26. The molecule has 20 aliphatic carbocycles. The number of esters is 5. The Morgan fingerprint density at radius 1 is 0.315 bits per heavy atom. The van der Waals surface area contributed by atoms with Crippen molar-refractivity contribution < 1.29 is 82.8 Å². The Hall–Kier alpha value is -4.45. The fourth-order valence-electron chi connectivity index (χ4n) is 45.1. The molecule has 0 saturated heterocycles. The van der Waals surface area contributed by atoms with E-state index in [0.29, 0.717) is 47.7 Å². The van der Waals surface area contributed by atoms with Crippen molar-refractivity contribution in [1.29, 1.82) is 0 Å². The van der Waals surface area contributed by atoms with E-state index >= 15 is 0 Å². The largest absolute Gasteiger partial charge is 0.481 e. The lowest BCUT2D eigenvalue weighted by Crippen LogP contribution is -2.72. The summed E-state index contributed by atoms with van der Waals surface area (Å²) in [6.45, 7) is 74.2. The maximum atomic E-state index is 14.6. The molecule has 0 aromatic heterocycles. The molecule has 0 aromatic rings. The van der Waals surface area contributed by atoms with Crippen LogP contribution < -0.4 is 0 Å². The van der Waals surface area contributed by atoms with E-state index in [1.165, 1.54) is 36.7 Å². The third-order valence-corrected chi connectivity index (χ3v) is 54.3. The molecule has 37 atom stereocenters. The summed E-state index contributed by atoms with van der Waals surface area (Å²) < 4.78 is 29.1. The van der Waals surface area contributed by atoms with Gasteiger partial charge in [0.1, 0.15) is 18.0 Å². The van der Waals surface area contributed by atoms with Gasteiger partial charge in [-0.05, 0) is 404 Å². The number of hydrogen-bond donors (Lipinski definition) is 5. The molecule has 17 saturated carbocycles. The zero-order chi connectivity index (χ0) is 108. The third-order valence-electron chi connectivity index (χ3n) is 54.3. The van der Waals surface area contributed by atoms with Gasteiger partial charge in [0.05, 0.1) is 67.4 Å². The van der Waals surface area contributed by atoms with E-state index in [4.69, 9.17) is 23.7 Å². The van der Waals surface area contributed by atoms with Gasteiger partial charge in [-0.3, -0.25) is 33.6 Å². The van der Waals surface area contributed by atoms with Crippen LogP contribution in [0.4, 0.5) is 0 Å². The smallest absolute Gasteiger partial charge is 0.312 e. The van der Waals surface area contributed by atoms with E-state index in [9.17, 15) is 59.1 Å². The number of aliphatic hydroxyl groups excluding tert-OH is 4. The van der Waals surface area contributed by atoms with Gasteiger partial charge in [-0.2, -0.15) is 0 Å². The molecular weight excluding hydrogens is 1820 g/mol. The predicted octanol–water partition coefficient (Wildman–Crippen LogP) is 28.0. The van der Waals surface area contributed by atoms with Crippen molar-refractivity contribution in [3.05, 3.63) is 34.9 Å². The molecule has 824 valence electrons. The van der Waals surface area contributed by atoms with Crippen LogP contribution in [0.25, 0.3) is 0 Å². The van der Waals surface area contributed by atoms with E-state index in [2.05, 4.69) is 226 Å². The number of rotatable bonds is 6. The number of methoxy groups -OCH3 is 3. The number of carbonyl (C=O) groups excluding carboxylic acids is 6. The number of Topliss-reactive ketones (excluding diaryl/α,β-unsaturated/α-hetero) is 1. The lowest BCUT2D eigenvalue weighted by atomic mass is 9.30. The second-order valence-electron chi connectivity index (χ2n) is 63.7. The Morgan fingerprint density at radius 3 is 0.973 bits per heavy atom. The highest BCUT2D eigenvalue weighted by molar-refractivity contribution is 5.87. The van der Waals surface area contributed by atoms with Gasteiger partial charge in [0, 0.05) is 38.0 Å². The molecule has 17 heteroatoms. The van der Waals surface area contributed by atoms with Crippen molar-refractivity contribution in [3.63, 3.8) is 0 Å². The van der Waals surface area contributed by atoms with Crippen molar-refractivity contribution in [2.24, 2.45) is 219 Å². The summed E-state index contributed by atoms with van der Waals surface area (Å²) in [6, 6.07) is 0. The number of ketones is 1. The van der Waals surface area contributed by atoms with Gasteiger partial charge in [-0.25, -0.2) is 0 Å². The zero-order valence-corrected chi connectivity index (χ0v) is 98.4. The first-order valence-corrected chi connectivity index (χ1v) is 59.2. The Kier molecular flexibility index (Phi) is 27.6. The number of ether oxygens (including phenoxy) is 5. The molecule has 0 spiro atoms. The van der Waals surface area contributed by atoms with Crippen LogP contribution in [-0.4, -0.2) is 125 Å². The first kappa shape index (κ1) is 113. The average Bonchev–Trinajstić information content (AvgIpc) is 0.675. The number of aliphatic hydroxyl groups is 4. The number of carboxylic acid groups (broad SMARTS) is 1. The Labute approximate surface area is 883 Å². The molecule has 20 aliphatic rings. The lowest BCUT2D eigenvalue weighted by molar-refractivity contribution is -0.268. The van der Waals surface area contributed by atoms with Gasteiger partial charge in [-0.1, -0.05) is 243 Å². The summed E-state index contributed by atoms with van der Waals surface area (Å²) in [5.41, 5.74) is 1.91. The van der Waals surface area contributed by atoms with Crippen LogP contribution in [0.15, 0.2) is 34.9 Å². The highest BCUT2D eigenvalue weighted by Gasteiger charge is 2.80. The minimum Gasteiger partial charge on any atom is -0.481 e. The van der Waals surface area contributed by atoms with Crippen LogP contribution >= 0.6 is 0 Å². The van der Waals surface area contributed by atoms with Gasteiger partial charge >= 0.3 is 35.8 Å². The van der Waals surface area contributed by atoms with E-state index < -0.39 is 39.8 Å². The minimum atomic E-state index is -0.624. The molecule has 0 aromatic carbocycles. The van der Waals surface area contributed by atoms with Gasteiger partial charge in [-0.15, -0.1) is 0 Å². The normalized spacial score (nSPS) is 51.0. The standard InChI is InChI=1S/C34H54O5.C34H54O4.C31H50O4.C30H48O4/c1-20-11-12-31(7)25-17-23(36)26-22-18-29(3,4)13-15-34(22,28(37)38-10)16-14-32(26,8)33(25,9)19-24(39-21(2)35)27(31)30(20,5)6;1-21-13-14-31(7)26-12-11-23-24-19-29(3,4)15-17-34(24,28(36)37-10)18-16-32(23,8)33(26,9)20-25(38-22(2)35)27(31)30(21,5)6;1-26(2)13-15-31(25(34)35-8)16-14-29(6)19(20(31)17-26)9-10-22-28(5)12-11-23(33)27(3,4)24(28)21(32)18-30(22,29)7;1-25(2)12-14-30(24(33)34)15-13-28(6)18(19(30)16-25)8-9-21-27(5)11-10-22(32)26(3,4)23(27)20(31)17-29(21,28)7/h20,22,24-27H,11-19H2,1-10H3;11,21,24-27H,12-20H2,1-10H3;9,20-24,32-33H,10-18H2,1-8H3;8,19-23,31-32H,9-17H2,1-7H3,(H,33,34)/t20-,22-,24+,25+,26-,27-,31+,32+,33+,34-;21-,24-,25+,26+,27-,31+,32+,33+,34-;20-,21+,22+,23-,24-,28+,29+,30+,31-;19-,20+,21+,22-,23-,27+,28+,29+,30-/m0000/s1. The van der Waals surface area contributed by atoms with Crippen molar-refractivity contribution in [3.8, 4) is 0 Å². The molecule has 17 fully saturated rings. The summed E-state index contributed by atoms with van der Waals surface area (Å²) in [4.78, 5) is 92.8. The van der Waals surface area contributed by atoms with Crippen LogP contribution in [0, 0.1) is 219 Å². The van der Waals surface area contributed by atoms with Gasteiger partial charge in [0.25, 0.3) is 0 Å². The fourth-order valence-corrected chi connectivity index (χ4v) is 45.1. The third kappa shape index (κ3) is 15.7. The highest BCUT2D eigenvalue weighted by Crippen LogP contribution is 2.84. The molecule has 0 unspecified atom stereocenters. The molecule has 0 bridgehead atoms. The second kappa shape index (κ2) is 35.8. The SMILES string of the molecule is CC1(C)CC[C@]2(C(=O)O)CC[C@]3(C)C(=CC[C@@H]4[C@@]5(C)CC[C@H](O)C(C)(C)[C@@H]5[C@H](O)C[C@]43C)[C@@H]2C1.COC(=O)[C@]12CCC(C)(C)C[C@H]1C1=CC[C@@H]3[C@@]4(C)CC[C@H](C)C(C)(C)[C@@H]4[C@H](OC(C)=O)C[C@@]3(C)[C@]1(C)CC2.COC(=O)[C@]12CCC(C)(C)C[C@H]1C1=CC[C@@H]3[C@@]4(C)CC[C@H](O)C(C)(C)[C@@H]4[C@H](O)C[C@@]3(C)[C@]1(C)CC2.COC(=O)[C@]12CCC(C)(C)C[C@H]1[C@H]1C(=O)C[C@@H]3[C@@]4(C)CC[C@H](C)C(C)(C)[C@@H]4[C@H](OC(C)=O)C[C@@]3(C)[C@]1(C)CC2. The zero-order valence-electron chi connectivity index (χ0n) is 98.4. The monoisotopic (exact) mass is 2030 g/mol. The number of carbonyl (C=O) groups is 7. The molecule has 0 aliphatic heterocycles. The topological polar surface area (TPSA) is 267 Å². The van der Waals surface area contributed by atoms with Crippen LogP contribution in [-0.2, 0) is 57.2 Å². The van der Waals surface area contributed by atoms with Crippen LogP contribution in [0.3, 0.4) is 0 Å². The first-order valence-electron chi connectivity index (χ1n) is 59.2. The number of carboxylic acids is 1. The molecule has 0 amide bonds. The number of fused-ring (bicyclic) bond motifs is 28. The van der Waals surface area contributed by atoms with Crippen LogP contribution in [0.5, 0.6) is 0 Å². The molecule has 5 N–H and O–H groups in total. The highest BCUT2D eigenvalue weighted by atomic mass is 16.6.